The molecule has 1 unspecified atom stereocenters. The largest absolute Gasteiger partial charge is 0.584 e. The van der Waals surface area contributed by atoms with Crippen LogP contribution in [0.3, 0.4) is 0 Å². The molecule has 0 saturated carbocycles. The first-order chi connectivity index (χ1) is 11.9. The lowest BCUT2D eigenvalue weighted by Crippen LogP contribution is -2.15. The molecule has 0 heterocycles. The summed E-state index contributed by atoms with van der Waals surface area (Å²) in [5.74, 6) is 0.602. The lowest BCUT2D eigenvalue weighted by Gasteiger charge is -2.23. The van der Waals surface area contributed by atoms with Crippen LogP contribution >= 0.6 is 7.82 Å². The molecular formula is C21H32NO4P. The van der Waals surface area contributed by atoms with Gasteiger partial charge in [-0.1, -0.05) is 65.8 Å². The Morgan fingerprint density at radius 2 is 1.19 bits per heavy atom. The summed E-state index contributed by atoms with van der Waals surface area (Å²) in [5, 5.41) is 0. The van der Waals surface area contributed by atoms with Gasteiger partial charge in [0.25, 0.3) is 0 Å². The Bertz CT molecular complexity index is 777. The molecule has 0 aliphatic carbocycles. The Labute approximate surface area is 162 Å². The summed E-state index contributed by atoms with van der Waals surface area (Å²) in [5.41, 5.74) is 2.32. The predicted molar refractivity (Wildman–Crippen MR) is 111 cm³/mol. The molecule has 150 valence electrons. The smallest absolute Gasteiger partial charge is 0.395 e. The third-order valence-electron chi connectivity index (χ3n) is 4.68. The van der Waals surface area contributed by atoms with E-state index in [1.165, 1.54) is 0 Å². The molecule has 2 rings (SSSR count). The highest BCUT2D eigenvalue weighted by Crippen LogP contribution is 2.45. The van der Waals surface area contributed by atoms with Gasteiger partial charge in [-0.3, -0.25) is 4.89 Å². The minimum Gasteiger partial charge on any atom is -0.395 e. The van der Waals surface area contributed by atoms with Crippen molar-refractivity contribution in [3.05, 3.63) is 59.7 Å². The van der Waals surface area contributed by atoms with Crippen molar-refractivity contribution in [2.45, 2.75) is 58.8 Å². The number of benzene rings is 2. The molecule has 0 amide bonds. The Morgan fingerprint density at radius 1 is 0.815 bits per heavy atom. The van der Waals surface area contributed by atoms with Crippen LogP contribution in [0.25, 0.3) is 0 Å². The van der Waals surface area contributed by atoms with Crippen molar-refractivity contribution >= 4 is 7.82 Å². The summed E-state index contributed by atoms with van der Waals surface area (Å²) < 4.78 is 22.7. The van der Waals surface area contributed by atoms with Crippen molar-refractivity contribution in [3.63, 3.8) is 0 Å². The van der Waals surface area contributed by atoms with E-state index in [4.69, 9.17) is 9.05 Å². The molecule has 0 aliphatic rings. The van der Waals surface area contributed by atoms with Gasteiger partial charge in [0, 0.05) is 0 Å². The van der Waals surface area contributed by atoms with Gasteiger partial charge in [0.2, 0.25) is 0 Å². The average molecular weight is 393 g/mol. The van der Waals surface area contributed by atoms with Gasteiger partial charge in [0.05, 0.1) is 0 Å². The fraction of sp³-hybridized carbons (Fsp3) is 0.429. The van der Waals surface area contributed by atoms with Crippen molar-refractivity contribution in [2.75, 3.05) is 0 Å². The van der Waals surface area contributed by atoms with Crippen LogP contribution in [0.2, 0.25) is 0 Å². The van der Waals surface area contributed by atoms with Gasteiger partial charge in [-0.25, -0.2) is 4.57 Å². The summed E-state index contributed by atoms with van der Waals surface area (Å²) in [6.45, 7) is 12.8. The van der Waals surface area contributed by atoms with Gasteiger partial charge < -0.3 is 15.2 Å². The maximum atomic E-state index is 12.3. The lowest BCUT2D eigenvalue weighted by atomic mass is 9.82. The van der Waals surface area contributed by atoms with Crippen LogP contribution < -0.4 is 15.2 Å². The summed E-state index contributed by atoms with van der Waals surface area (Å²) in [4.78, 5) is 10.0. The molecule has 2 aromatic rings. The monoisotopic (exact) mass is 393 g/mol. The van der Waals surface area contributed by atoms with Gasteiger partial charge in [0.15, 0.2) is 0 Å². The van der Waals surface area contributed by atoms with Crippen molar-refractivity contribution in [3.8, 4) is 11.5 Å². The van der Waals surface area contributed by atoms with Crippen LogP contribution in [-0.2, 0) is 15.4 Å². The zero-order valence-corrected chi connectivity index (χ0v) is 18.0. The number of hydrogen-bond acceptors (Lipinski definition) is 4. The second-order valence-electron chi connectivity index (χ2n) is 8.19. The summed E-state index contributed by atoms with van der Waals surface area (Å²) in [6.07, 6.45) is 0.999. The standard InChI is InChI=1S/C21H29O4P.H3N/c1-7-21(5,6)17-10-14-19(15-11-17)25-26(22,23)24-18-12-8-16(9-13-18)20(2,3)4;/h8-15H,7H2,1-6H3,(H,22,23);1H3. The molecule has 4 N–H and O–H groups in total. The molecular weight excluding hydrogens is 361 g/mol. The van der Waals surface area contributed by atoms with Crippen molar-refractivity contribution < 1.29 is 18.5 Å². The quantitative estimate of drug-likeness (QED) is 0.555. The molecule has 0 aromatic heterocycles. The highest BCUT2D eigenvalue weighted by molar-refractivity contribution is 7.48. The van der Waals surface area contributed by atoms with E-state index in [0.29, 0.717) is 11.5 Å². The molecule has 0 spiro atoms. The SMILES string of the molecule is CCC(C)(C)c1ccc(OP(=O)(O)Oc2ccc(C(C)(C)C)cc2)cc1.N. The summed E-state index contributed by atoms with van der Waals surface area (Å²) in [7, 11) is -4.25. The van der Waals surface area contributed by atoms with E-state index in [-0.39, 0.29) is 17.0 Å². The number of rotatable bonds is 6. The van der Waals surface area contributed by atoms with Crippen LogP contribution in [-0.4, -0.2) is 4.89 Å². The molecule has 6 heteroatoms. The molecule has 0 radical (unpaired) electrons. The first-order valence-corrected chi connectivity index (χ1v) is 10.4. The van der Waals surface area contributed by atoms with Gasteiger partial charge in [0.1, 0.15) is 11.5 Å². The van der Waals surface area contributed by atoms with E-state index in [0.717, 1.165) is 17.5 Å². The number of phosphoric ester groups is 1. The molecule has 0 fully saturated rings. The highest BCUT2D eigenvalue weighted by Gasteiger charge is 2.26. The van der Waals surface area contributed by atoms with E-state index in [1.54, 1.807) is 24.3 Å². The molecule has 1 atom stereocenters. The van der Waals surface area contributed by atoms with Crippen molar-refractivity contribution in [1.82, 2.24) is 6.15 Å². The third kappa shape index (κ3) is 6.39. The van der Waals surface area contributed by atoms with Crippen LogP contribution in [0.1, 0.15) is 59.1 Å². The normalized spacial score (nSPS) is 14.0. The highest BCUT2D eigenvalue weighted by atomic mass is 31.2. The Balaban J connectivity index is 0.00000364. The van der Waals surface area contributed by atoms with Gasteiger partial charge in [-0.2, -0.15) is 0 Å². The fourth-order valence-corrected chi connectivity index (χ4v) is 3.29. The second kappa shape index (κ2) is 8.47. The summed E-state index contributed by atoms with van der Waals surface area (Å²) >= 11 is 0. The molecule has 27 heavy (non-hydrogen) atoms. The maximum Gasteiger partial charge on any atom is 0.584 e. The van der Waals surface area contributed by atoms with E-state index < -0.39 is 7.82 Å². The van der Waals surface area contributed by atoms with Crippen LogP contribution in [0.15, 0.2) is 48.5 Å². The van der Waals surface area contributed by atoms with Gasteiger partial charge in [-0.15, -0.1) is 0 Å². The average Bonchev–Trinajstić information content (AvgIpc) is 2.54. The molecule has 2 aromatic carbocycles. The first kappa shape index (κ1) is 23.2. The Kier molecular flexibility index (Phi) is 7.29. The van der Waals surface area contributed by atoms with Gasteiger partial charge in [-0.05, 0) is 52.6 Å². The van der Waals surface area contributed by atoms with E-state index in [1.807, 2.05) is 24.3 Å². The van der Waals surface area contributed by atoms with Crippen LogP contribution in [0.4, 0.5) is 0 Å². The van der Waals surface area contributed by atoms with Crippen molar-refractivity contribution in [2.24, 2.45) is 0 Å². The van der Waals surface area contributed by atoms with Crippen LogP contribution in [0, 0.1) is 0 Å². The second-order valence-corrected chi connectivity index (χ2v) is 9.49. The molecule has 5 nitrogen and oxygen atoms in total. The first-order valence-electron chi connectivity index (χ1n) is 8.86. The lowest BCUT2D eigenvalue weighted by molar-refractivity contribution is 0.291. The number of hydrogen-bond donors (Lipinski definition) is 2. The topological polar surface area (TPSA) is 90.8 Å². The third-order valence-corrected chi connectivity index (χ3v) is 5.56. The fourth-order valence-electron chi connectivity index (χ4n) is 2.47. The van der Waals surface area contributed by atoms with E-state index in [2.05, 4.69) is 41.5 Å². The molecule has 0 saturated heterocycles. The zero-order chi connectivity index (χ0) is 19.6. The van der Waals surface area contributed by atoms with E-state index >= 15 is 0 Å². The molecule has 0 aliphatic heterocycles. The van der Waals surface area contributed by atoms with E-state index in [9.17, 15) is 9.46 Å². The maximum absolute atomic E-state index is 12.3. The van der Waals surface area contributed by atoms with Crippen molar-refractivity contribution in [1.29, 1.82) is 0 Å². The minimum atomic E-state index is -4.25. The Hall–Kier alpha value is -1.81. The number of phosphoric acid groups is 1. The minimum absolute atomic E-state index is 0. The molecule has 0 bridgehead atoms. The summed E-state index contributed by atoms with van der Waals surface area (Å²) in [6, 6.07) is 14.4. The Morgan fingerprint density at radius 3 is 1.52 bits per heavy atom. The van der Waals surface area contributed by atoms with Crippen LogP contribution in [0.5, 0.6) is 11.5 Å². The zero-order valence-electron chi connectivity index (χ0n) is 17.2. The van der Waals surface area contributed by atoms with Gasteiger partial charge >= 0.3 is 7.82 Å². The predicted octanol–water partition coefficient (Wildman–Crippen LogP) is 6.39.